The third-order valence-corrected chi connectivity index (χ3v) is 5.61. The smallest absolute Gasteiger partial charge is 0.0930 e. The number of hydrogen-bond donors (Lipinski definition) is 1. The summed E-state index contributed by atoms with van der Waals surface area (Å²) < 4.78 is 0. The monoisotopic (exact) mass is 279 g/mol. The number of rotatable bonds is 3. The molecule has 96 valence electrons. The van der Waals surface area contributed by atoms with Gasteiger partial charge in [-0.05, 0) is 37.3 Å². The molecule has 0 radical (unpaired) electrons. The van der Waals surface area contributed by atoms with Crippen molar-refractivity contribution in [2.45, 2.75) is 44.6 Å². The topological polar surface area (TPSA) is 33.1 Å². The third kappa shape index (κ3) is 2.66. The fraction of sp³-hybridized carbons (Fsp3) is 0.500. The Morgan fingerprint density at radius 3 is 3.00 bits per heavy atom. The van der Waals surface area contributed by atoms with Crippen LogP contribution >= 0.6 is 22.7 Å². The summed E-state index contributed by atoms with van der Waals surface area (Å²) >= 11 is 3.43. The Hall–Kier alpha value is -0.710. The van der Waals surface area contributed by atoms with Crippen LogP contribution < -0.4 is 0 Å². The number of fused-ring (bicyclic) bond motifs is 1. The number of nitrogens with zero attached hydrogens (tertiary/aromatic N) is 1. The lowest BCUT2D eigenvalue weighted by molar-refractivity contribution is 0.183. The molecule has 18 heavy (non-hydrogen) atoms. The number of aliphatic hydroxyl groups excluding tert-OH is 1. The Balaban J connectivity index is 1.76. The molecule has 4 heteroatoms. The van der Waals surface area contributed by atoms with E-state index >= 15 is 0 Å². The van der Waals surface area contributed by atoms with Crippen LogP contribution in [0.5, 0.6) is 0 Å². The number of aryl methyl sites for hydroxylation is 2. The van der Waals surface area contributed by atoms with Crippen molar-refractivity contribution >= 4 is 22.7 Å². The van der Waals surface area contributed by atoms with E-state index in [1.807, 2.05) is 23.0 Å². The highest BCUT2D eigenvalue weighted by atomic mass is 32.1. The number of aliphatic hydroxyl groups is 1. The zero-order valence-electron chi connectivity index (χ0n) is 10.3. The van der Waals surface area contributed by atoms with Gasteiger partial charge in [0, 0.05) is 27.2 Å². The molecule has 2 aromatic heterocycles. The minimum atomic E-state index is -0.359. The van der Waals surface area contributed by atoms with Crippen molar-refractivity contribution in [2.24, 2.45) is 0 Å². The van der Waals surface area contributed by atoms with E-state index in [-0.39, 0.29) is 6.10 Å². The first-order chi connectivity index (χ1) is 8.83. The summed E-state index contributed by atoms with van der Waals surface area (Å²) in [4.78, 5) is 7.86. The van der Waals surface area contributed by atoms with E-state index in [9.17, 15) is 5.11 Å². The molecule has 0 saturated heterocycles. The van der Waals surface area contributed by atoms with Gasteiger partial charge in [-0.3, -0.25) is 4.98 Å². The van der Waals surface area contributed by atoms with E-state index in [0.29, 0.717) is 6.42 Å². The van der Waals surface area contributed by atoms with Crippen molar-refractivity contribution < 1.29 is 5.11 Å². The normalized spacial score (nSPS) is 17.2. The Bertz CT molecular complexity index is 480. The Morgan fingerprint density at radius 1 is 1.28 bits per heavy atom. The highest BCUT2D eigenvalue weighted by Crippen LogP contribution is 2.33. The molecule has 1 aliphatic carbocycles. The first-order valence-electron chi connectivity index (χ1n) is 6.50. The summed E-state index contributed by atoms with van der Waals surface area (Å²) in [7, 11) is 0. The second-order valence-electron chi connectivity index (χ2n) is 4.85. The maximum absolute atomic E-state index is 10.3. The maximum atomic E-state index is 10.3. The number of thiazole rings is 1. The van der Waals surface area contributed by atoms with Gasteiger partial charge in [-0.25, -0.2) is 0 Å². The van der Waals surface area contributed by atoms with Crippen LogP contribution in [0.4, 0.5) is 0 Å². The van der Waals surface area contributed by atoms with Crippen LogP contribution in [0.15, 0.2) is 17.8 Å². The summed E-state index contributed by atoms with van der Waals surface area (Å²) in [6.45, 7) is 0. The summed E-state index contributed by atoms with van der Waals surface area (Å²) in [5.41, 5.74) is 3.31. The molecule has 0 bridgehead atoms. The summed E-state index contributed by atoms with van der Waals surface area (Å²) in [5.74, 6) is 0. The average molecular weight is 279 g/mol. The van der Waals surface area contributed by atoms with Crippen molar-refractivity contribution in [3.05, 3.63) is 38.0 Å². The molecule has 0 aromatic carbocycles. The molecule has 3 rings (SSSR count). The largest absolute Gasteiger partial charge is 0.387 e. The third-order valence-electron chi connectivity index (χ3n) is 3.47. The average Bonchev–Trinajstić information content (AvgIpc) is 2.95. The van der Waals surface area contributed by atoms with E-state index in [1.54, 1.807) is 11.3 Å². The van der Waals surface area contributed by atoms with Crippen molar-refractivity contribution in [3.63, 3.8) is 0 Å². The molecule has 0 spiro atoms. The fourth-order valence-electron chi connectivity index (χ4n) is 2.49. The number of hydrogen-bond acceptors (Lipinski definition) is 4. The second-order valence-corrected chi connectivity index (χ2v) is 6.98. The Morgan fingerprint density at radius 2 is 2.17 bits per heavy atom. The van der Waals surface area contributed by atoms with Gasteiger partial charge in [-0.15, -0.1) is 22.7 Å². The molecular weight excluding hydrogens is 262 g/mol. The van der Waals surface area contributed by atoms with Gasteiger partial charge in [0.15, 0.2) is 0 Å². The van der Waals surface area contributed by atoms with Crippen molar-refractivity contribution in [2.75, 3.05) is 0 Å². The fourth-order valence-corrected chi connectivity index (χ4v) is 4.37. The molecule has 1 N–H and O–H groups in total. The molecule has 2 heterocycles. The summed E-state index contributed by atoms with van der Waals surface area (Å²) in [6, 6.07) is 2.23. The second kappa shape index (κ2) is 5.51. The van der Waals surface area contributed by atoms with Gasteiger partial charge in [-0.2, -0.15) is 0 Å². The van der Waals surface area contributed by atoms with Gasteiger partial charge in [0.1, 0.15) is 0 Å². The van der Waals surface area contributed by atoms with Crippen LogP contribution in [0.3, 0.4) is 0 Å². The Kier molecular flexibility index (Phi) is 3.77. The quantitative estimate of drug-likeness (QED) is 0.868. The van der Waals surface area contributed by atoms with Crippen LogP contribution in [0.25, 0.3) is 0 Å². The molecule has 1 aliphatic rings. The van der Waals surface area contributed by atoms with E-state index in [4.69, 9.17) is 0 Å². The van der Waals surface area contributed by atoms with E-state index < -0.39 is 0 Å². The lowest BCUT2D eigenvalue weighted by atomic mass is 10.1. The maximum Gasteiger partial charge on any atom is 0.0930 e. The number of aromatic nitrogens is 1. The van der Waals surface area contributed by atoms with Crippen molar-refractivity contribution in [3.8, 4) is 0 Å². The first-order valence-corrected chi connectivity index (χ1v) is 8.19. The van der Waals surface area contributed by atoms with E-state index in [2.05, 4.69) is 11.1 Å². The molecule has 1 atom stereocenters. The lowest BCUT2D eigenvalue weighted by Crippen LogP contribution is -1.97. The van der Waals surface area contributed by atoms with Crippen LogP contribution in [-0.2, 0) is 19.3 Å². The molecule has 0 amide bonds. The molecule has 2 nitrogen and oxygen atoms in total. The van der Waals surface area contributed by atoms with Gasteiger partial charge < -0.3 is 5.11 Å². The molecule has 0 aliphatic heterocycles. The Labute approximate surface area is 115 Å². The lowest BCUT2D eigenvalue weighted by Gasteiger charge is -2.06. The summed E-state index contributed by atoms with van der Waals surface area (Å²) in [6.07, 6.45) is 8.54. The van der Waals surface area contributed by atoms with Gasteiger partial charge in [-0.1, -0.05) is 6.42 Å². The summed E-state index contributed by atoms with van der Waals surface area (Å²) in [5, 5.41) is 10.3. The van der Waals surface area contributed by atoms with Crippen LogP contribution in [0.1, 0.15) is 45.6 Å². The van der Waals surface area contributed by atoms with Crippen LogP contribution in [0, 0.1) is 0 Å². The standard InChI is InChI=1S/C14H17NOS2/c16-12(7-11-8-15-9-17-11)14-6-10-4-2-1-3-5-13(10)18-14/h6,8-9,12,16H,1-5,7H2. The zero-order valence-corrected chi connectivity index (χ0v) is 11.9. The van der Waals surface area contributed by atoms with E-state index in [0.717, 1.165) is 9.75 Å². The zero-order chi connectivity index (χ0) is 12.4. The molecule has 0 fully saturated rings. The van der Waals surface area contributed by atoms with Gasteiger partial charge >= 0.3 is 0 Å². The van der Waals surface area contributed by atoms with Crippen LogP contribution in [0.2, 0.25) is 0 Å². The molecule has 2 aromatic rings. The minimum absolute atomic E-state index is 0.359. The molecule has 0 saturated carbocycles. The predicted octanol–water partition coefficient (Wildman–Crippen LogP) is 3.75. The predicted molar refractivity (Wildman–Crippen MR) is 76.4 cm³/mol. The van der Waals surface area contributed by atoms with Crippen LogP contribution in [-0.4, -0.2) is 10.1 Å². The van der Waals surface area contributed by atoms with Crippen molar-refractivity contribution in [1.29, 1.82) is 0 Å². The molecular formula is C14H17NOS2. The SMILES string of the molecule is OC(Cc1cncs1)c1cc2c(s1)CCCCC2. The van der Waals surface area contributed by atoms with Gasteiger partial charge in [0.05, 0.1) is 11.6 Å². The molecule has 1 unspecified atom stereocenters. The van der Waals surface area contributed by atoms with Gasteiger partial charge in [0.2, 0.25) is 0 Å². The van der Waals surface area contributed by atoms with E-state index in [1.165, 1.54) is 42.5 Å². The highest BCUT2D eigenvalue weighted by molar-refractivity contribution is 7.12. The van der Waals surface area contributed by atoms with Crippen molar-refractivity contribution in [1.82, 2.24) is 4.98 Å². The first kappa shape index (κ1) is 12.3. The van der Waals surface area contributed by atoms with Gasteiger partial charge in [0.25, 0.3) is 0 Å². The number of thiophene rings is 1. The minimum Gasteiger partial charge on any atom is -0.387 e. The highest BCUT2D eigenvalue weighted by Gasteiger charge is 2.17.